The maximum absolute atomic E-state index is 5.68. The molecule has 0 saturated heterocycles. The molecule has 0 amide bonds. The van der Waals surface area contributed by atoms with E-state index in [1.165, 1.54) is 0 Å². The molecule has 0 aromatic carbocycles. The summed E-state index contributed by atoms with van der Waals surface area (Å²) in [5.41, 5.74) is 0.958. The van der Waals surface area contributed by atoms with Gasteiger partial charge in [-0.2, -0.15) is 0 Å². The number of nitrogens with zero attached hydrogens (tertiary/aromatic N) is 1. The van der Waals surface area contributed by atoms with E-state index in [-0.39, 0.29) is 19.3 Å². The SMILES string of the molecule is CC(C)OB(OC(C)C)c1cccnc1. The maximum Gasteiger partial charge on any atom is 0.495 e. The summed E-state index contributed by atoms with van der Waals surface area (Å²) in [5.74, 6) is 0. The molecule has 1 heterocycles. The molecule has 0 saturated carbocycles. The van der Waals surface area contributed by atoms with Crippen LogP contribution in [0.2, 0.25) is 0 Å². The Morgan fingerprint density at radius 2 is 1.73 bits per heavy atom. The van der Waals surface area contributed by atoms with Gasteiger partial charge in [0.2, 0.25) is 0 Å². The molecule has 0 unspecified atom stereocenters. The van der Waals surface area contributed by atoms with Crippen molar-refractivity contribution in [2.75, 3.05) is 0 Å². The van der Waals surface area contributed by atoms with Crippen LogP contribution in [0.15, 0.2) is 24.5 Å². The Labute approximate surface area is 92.0 Å². The van der Waals surface area contributed by atoms with Crippen molar-refractivity contribution >= 4 is 12.6 Å². The zero-order valence-electron chi connectivity index (χ0n) is 9.81. The Balaban J connectivity index is 2.72. The van der Waals surface area contributed by atoms with E-state index in [9.17, 15) is 0 Å². The van der Waals surface area contributed by atoms with E-state index in [2.05, 4.69) is 4.98 Å². The zero-order valence-corrected chi connectivity index (χ0v) is 9.81. The fraction of sp³-hybridized carbons (Fsp3) is 0.545. The van der Waals surface area contributed by atoms with E-state index >= 15 is 0 Å². The Morgan fingerprint density at radius 1 is 1.13 bits per heavy atom. The lowest BCUT2D eigenvalue weighted by Gasteiger charge is -2.19. The van der Waals surface area contributed by atoms with Crippen LogP contribution in [0.5, 0.6) is 0 Å². The van der Waals surface area contributed by atoms with Gasteiger partial charge in [0, 0.05) is 30.1 Å². The summed E-state index contributed by atoms with van der Waals surface area (Å²) in [7, 11) is -0.321. The van der Waals surface area contributed by atoms with Gasteiger partial charge in [-0.25, -0.2) is 0 Å². The van der Waals surface area contributed by atoms with Crippen LogP contribution in [-0.4, -0.2) is 24.3 Å². The summed E-state index contributed by atoms with van der Waals surface area (Å²) in [6, 6.07) is 3.85. The lowest BCUT2D eigenvalue weighted by atomic mass is 9.79. The molecule has 1 aromatic rings. The summed E-state index contributed by atoms with van der Waals surface area (Å²) in [4.78, 5) is 4.06. The highest BCUT2D eigenvalue weighted by Gasteiger charge is 2.23. The lowest BCUT2D eigenvalue weighted by Crippen LogP contribution is -2.40. The molecule has 0 spiro atoms. The maximum atomic E-state index is 5.68. The van der Waals surface area contributed by atoms with Gasteiger partial charge in [0.05, 0.1) is 0 Å². The molecular formula is C11H18BNO2. The molecule has 0 N–H and O–H groups in total. The molecular weight excluding hydrogens is 189 g/mol. The molecule has 0 fully saturated rings. The molecule has 4 heteroatoms. The highest BCUT2D eigenvalue weighted by Crippen LogP contribution is 2.00. The van der Waals surface area contributed by atoms with Gasteiger partial charge in [0.15, 0.2) is 0 Å². The van der Waals surface area contributed by atoms with Crippen LogP contribution in [0.25, 0.3) is 0 Å². The average molecular weight is 207 g/mol. The van der Waals surface area contributed by atoms with Crippen molar-refractivity contribution in [1.29, 1.82) is 0 Å². The molecule has 0 aliphatic rings. The second-order valence-electron chi connectivity index (χ2n) is 3.99. The average Bonchev–Trinajstić information content (AvgIpc) is 2.17. The van der Waals surface area contributed by atoms with Gasteiger partial charge < -0.3 is 9.31 Å². The summed E-state index contributed by atoms with van der Waals surface area (Å²) in [6.45, 7) is 7.97. The van der Waals surface area contributed by atoms with Gasteiger partial charge in [0.25, 0.3) is 0 Å². The second kappa shape index (κ2) is 5.88. The normalized spacial score (nSPS) is 11.1. The van der Waals surface area contributed by atoms with Crippen LogP contribution in [-0.2, 0) is 9.31 Å². The van der Waals surface area contributed by atoms with E-state index in [1.807, 2.05) is 39.8 Å². The molecule has 1 rings (SSSR count). The summed E-state index contributed by atoms with van der Waals surface area (Å²) in [5, 5.41) is 0. The monoisotopic (exact) mass is 207 g/mol. The first-order valence-electron chi connectivity index (χ1n) is 5.30. The van der Waals surface area contributed by atoms with Crippen molar-refractivity contribution in [2.45, 2.75) is 39.9 Å². The number of hydrogen-bond donors (Lipinski definition) is 0. The van der Waals surface area contributed by atoms with Crippen molar-refractivity contribution < 1.29 is 9.31 Å². The topological polar surface area (TPSA) is 31.4 Å². The van der Waals surface area contributed by atoms with Gasteiger partial charge in [-0.05, 0) is 33.8 Å². The molecule has 0 aliphatic heterocycles. The largest absolute Gasteiger partial charge is 0.495 e. The number of pyridine rings is 1. The fourth-order valence-electron chi connectivity index (χ4n) is 1.20. The molecule has 0 aliphatic carbocycles. The molecule has 15 heavy (non-hydrogen) atoms. The minimum absolute atomic E-state index is 0.133. The van der Waals surface area contributed by atoms with Crippen LogP contribution < -0.4 is 5.46 Å². The smallest absolute Gasteiger partial charge is 0.405 e. The Kier molecular flexibility index (Phi) is 4.79. The fourth-order valence-corrected chi connectivity index (χ4v) is 1.20. The van der Waals surface area contributed by atoms with Gasteiger partial charge >= 0.3 is 7.12 Å². The first-order chi connectivity index (χ1) is 7.09. The van der Waals surface area contributed by atoms with Crippen LogP contribution in [0.3, 0.4) is 0 Å². The van der Waals surface area contributed by atoms with Crippen LogP contribution >= 0.6 is 0 Å². The predicted octanol–water partition coefficient (Wildman–Crippen LogP) is 1.63. The lowest BCUT2D eigenvalue weighted by molar-refractivity contribution is 0.139. The van der Waals surface area contributed by atoms with E-state index in [0.29, 0.717) is 0 Å². The highest BCUT2D eigenvalue weighted by molar-refractivity contribution is 6.61. The molecule has 82 valence electrons. The zero-order chi connectivity index (χ0) is 11.3. The Hall–Kier alpha value is -0.865. The molecule has 0 atom stereocenters. The van der Waals surface area contributed by atoms with Crippen molar-refractivity contribution in [1.82, 2.24) is 4.98 Å². The first kappa shape index (κ1) is 12.2. The number of aromatic nitrogens is 1. The third-order valence-electron chi connectivity index (χ3n) is 1.75. The van der Waals surface area contributed by atoms with E-state index < -0.39 is 0 Å². The molecule has 0 bridgehead atoms. The van der Waals surface area contributed by atoms with Gasteiger partial charge in [-0.1, -0.05) is 6.07 Å². The summed E-state index contributed by atoms with van der Waals surface area (Å²) >= 11 is 0. The van der Waals surface area contributed by atoms with Gasteiger partial charge in [-0.15, -0.1) is 0 Å². The second-order valence-corrected chi connectivity index (χ2v) is 3.99. The Bertz CT molecular complexity index is 267. The number of rotatable bonds is 5. The standard InChI is InChI=1S/C11H18BNO2/c1-9(2)14-12(15-10(3)4)11-6-5-7-13-8-11/h5-10H,1-4H3. The van der Waals surface area contributed by atoms with E-state index in [0.717, 1.165) is 5.46 Å². The van der Waals surface area contributed by atoms with Crippen molar-refractivity contribution in [3.63, 3.8) is 0 Å². The third kappa shape index (κ3) is 4.45. The van der Waals surface area contributed by atoms with Crippen LogP contribution in [0.4, 0.5) is 0 Å². The third-order valence-corrected chi connectivity index (χ3v) is 1.75. The minimum atomic E-state index is -0.321. The quantitative estimate of drug-likeness (QED) is 0.687. The summed E-state index contributed by atoms with van der Waals surface area (Å²) < 4.78 is 11.4. The first-order valence-corrected chi connectivity index (χ1v) is 5.30. The van der Waals surface area contributed by atoms with Crippen molar-refractivity contribution in [3.8, 4) is 0 Å². The van der Waals surface area contributed by atoms with E-state index in [1.54, 1.807) is 12.4 Å². The van der Waals surface area contributed by atoms with Crippen molar-refractivity contribution in [2.24, 2.45) is 0 Å². The van der Waals surface area contributed by atoms with Gasteiger partial charge in [-0.3, -0.25) is 4.98 Å². The van der Waals surface area contributed by atoms with E-state index in [4.69, 9.17) is 9.31 Å². The van der Waals surface area contributed by atoms with Gasteiger partial charge in [0.1, 0.15) is 0 Å². The van der Waals surface area contributed by atoms with Crippen LogP contribution in [0, 0.1) is 0 Å². The predicted molar refractivity (Wildman–Crippen MR) is 62.1 cm³/mol. The Morgan fingerprint density at radius 3 is 2.13 bits per heavy atom. The summed E-state index contributed by atoms with van der Waals surface area (Å²) in [6.07, 6.45) is 3.78. The molecule has 1 aromatic heterocycles. The number of hydrogen-bond acceptors (Lipinski definition) is 3. The van der Waals surface area contributed by atoms with Crippen molar-refractivity contribution in [3.05, 3.63) is 24.5 Å². The van der Waals surface area contributed by atoms with Crippen LogP contribution in [0.1, 0.15) is 27.7 Å². The molecule has 3 nitrogen and oxygen atoms in total. The highest BCUT2D eigenvalue weighted by atomic mass is 16.6. The minimum Gasteiger partial charge on any atom is -0.405 e. The molecule has 0 radical (unpaired) electrons.